The summed E-state index contributed by atoms with van der Waals surface area (Å²) in [5.41, 5.74) is 0.0879. The molecule has 6 nitrogen and oxygen atoms in total. The third-order valence-electron chi connectivity index (χ3n) is 4.87. The fourth-order valence-electron chi connectivity index (χ4n) is 3.46. The number of rotatable bonds is 8. The van der Waals surface area contributed by atoms with E-state index in [4.69, 9.17) is 0 Å². The maximum atomic E-state index is 12.9. The Labute approximate surface area is 147 Å². The van der Waals surface area contributed by atoms with Crippen molar-refractivity contribution < 1.29 is 13.9 Å². The number of aliphatic imine (C=N–C) groups is 1. The third kappa shape index (κ3) is 5.66. The van der Waals surface area contributed by atoms with Gasteiger partial charge in [0.15, 0.2) is 5.96 Å². The van der Waals surface area contributed by atoms with Crippen molar-refractivity contribution in [1.82, 2.24) is 20.2 Å². The fraction of sp³-hybridized carbons (Fsp3) is 0.765. The molecule has 1 saturated carbocycles. The third-order valence-corrected chi connectivity index (χ3v) is 4.87. The maximum Gasteiger partial charge on any atom is 0.319 e. The SMILES string of the molecule is CCNC(=NCc1nccn1C(F)F)NCC1(CCO)CCCCC1. The molecule has 0 aromatic carbocycles. The van der Waals surface area contributed by atoms with E-state index in [0.717, 1.165) is 30.4 Å². The Morgan fingerprint density at radius 1 is 1.36 bits per heavy atom. The lowest BCUT2D eigenvalue weighted by Crippen LogP contribution is -2.45. The van der Waals surface area contributed by atoms with Crippen LogP contribution >= 0.6 is 0 Å². The molecule has 0 radical (unpaired) electrons. The summed E-state index contributed by atoms with van der Waals surface area (Å²) in [6.45, 7) is 1.02. The summed E-state index contributed by atoms with van der Waals surface area (Å²) in [4.78, 5) is 8.34. The number of imidazole rings is 1. The van der Waals surface area contributed by atoms with E-state index in [9.17, 15) is 13.9 Å². The summed E-state index contributed by atoms with van der Waals surface area (Å²) in [6.07, 6.45) is 9.18. The zero-order valence-electron chi connectivity index (χ0n) is 14.8. The minimum atomic E-state index is -2.61. The molecular weight excluding hydrogens is 328 g/mol. The van der Waals surface area contributed by atoms with Crippen molar-refractivity contribution in [3.8, 4) is 0 Å². The van der Waals surface area contributed by atoms with Crippen molar-refractivity contribution in [3.63, 3.8) is 0 Å². The quantitative estimate of drug-likeness (QED) is 0.494. The second kappa shape index (κ2) is 9.70. The van der Waals surface area contributed by atoms with Crippen LogP contribution in [-0.2, 0) is 6.54 Å². The fourth-order valence-corrected chi connectivity index (χ4v) is 3.46. The first-order valence-electron chi connectivity index (χ1n) is 9.03. The van der Waals surface area contributed by atoms with Gasteiger partial charge in [0.1, 0.15) is 12.4 Å². The Balaban J connectivity index is 2.00. The molecule has 0 bridgehead atoms. The lowest BCUT2D eigenvalue weighted by molar-refractivity contribution is 0.0671. The first-order chi connectivity index (χ1) is 12.1. The minimum Gasteiger partial charge on any atom is -0.396 e. The minimum absolute atomic E-state index is 0.0830. The van der Waals surface area contributed by atoms with Crippen molar-refractivity contribution in [1.29, 1.82) is 0 Å². The number of hydrogen-bond donors (Lipinski definition) is 3. The number of nitrogens with zero attached hydrogens (tertiary/aromatic N) is 3. The second-order valence-electron chi connectivity index (χ2n) is 6.61. The van der Waals surface area contributed by atoms with E-state index < -0.39 is 6.55 Å². The number of halogens is 2. The summed E-state index contributed by atoms with van der Waals surface area (Å²) in [6, 6.07) is 0. The molecule has 142 valence electrons. The summed E-state index contributed by atoms with van der Waals surface area (Å²) in [5, 5.41) is 15.9. The van der Waals surface area contributed by atoms with Crippen LogP contribution in [0, 0.1) is 5.41 Å². The molecule has 0 unspecified atom stereocenters. The highest BCUT2D eigenvalue weighted by Gasteiger charge is 2.31. The Morgan fingerprint density at radius 3 is 2.76 bits per heavy atom. The molecule has 0 saturated heterocycles. The van der Waals surface area contributed by atoms with Crippen molar-refractivity contribution in [2.45, 2.75) is 58.5 Å². The van der Waals surface area contributed by atoms with Crippen LogP contribution in [0.5, 0.6) is 0 Å². The Bertz CT molecular complexity index is 535. The predicted octanol–water partition coefficient (Wildman–Crippen LogP) is 2.67. The normalized spacial score (nSPS) is 17.7. The number of aromatic nitrogens is 2. The molecule has 1 aliphatic carbocycles. The first kappa shape index (κ1) is 19.6. The van der Waals surface area contributed by atoms with Crippen LogP contribution in [0.1, 0.15) is 57.8 Å². The molecule has 8 heteroatoms. The summed E-state index contributed by atoms with van der Waals surface area (Å²) < 4.78 is 26.6. The van der Waals surface area contributed by atoms with Gasteiger partial charge in [0, 0.05) is 32.1 Å². The Hall–Kier alpha value is -1.70. The number of alkyl halides is 2. The average molecular weight is 357 g/mol. The second-order valence-corrected chi connectivity index (χ2v) is 6.61. The topological polar surface area (TPSA) is 74.5 Å². The molecule has 0 amide bonds. The summed E-state index contributed by atoms with van der Waals surface area (Å²) in [5.74, 6) is 0.823. The van der Waals surface area contributed by atoms with Crippen molar-refractivity contribution in [3.05, 3.63) is 18.2 Å². The van der Waals surface area contributed by atoms with E-state index in [2.05, 4.69) is 20.6 Å². The van der Waals surface area contributed by atoms with Gasteiger partial charge in [-0.2, -0.15) is 8.78 Å². The van der Waals surface area contributed by atoms with Crippen LogP contribution in [0.3, 0.4) is 0 Å². The maximum absolute atomic E-state index is 12.9. The average Bonchev–Trinajstić information content (AvgIpc) is 3.07. The molecule has 25 heavy (non-hydrogen) atoms. The summed E-state index contributed by atoms with van der Waals surface area (Å²) in [7, 11) is 0. The van der Waals surface area contributed by atoms with Gasteiger partial charge in [-0.25, -0.2) is 9.98 Å². The molecule has 3 N–H and O–H groups in total. The summed E-state index contributed by atoms with van der Waals surface area (Å²) >= 11 is 0. The number of hydrogen-bond acceptors (Lipinski definition) is 3. The van der Waals surface area contributed by atoms with Crippen molar-refractivity contribution in [2.24, 2.45) is 10.4 Å². The van der Waals surface area contributed by atoms with Gasteiger partial charge >= 0.3 is 6.55 Å². The van der Waals surface area contributed by atoms with Gasteiger partial charge in [0.05, 0.1) is 0 Å². The molecule has 1 aromatic heterocycles. The van der Waals surface area contributed by atoms with Gasteiger partial charge in [0.25, 0.3) is 0 Å². The van der Waals surface area contributed by atoms with Crippen LogP contribution < -0.4 is 10.6 Å². The van der Waals surface area contributed by atoms with E-state index >= 15 is 0 Å². The molecule has 1 aliphatic rings. The molecule has 1 heterocycles. The van der Waals surface area contributed by atoms with Crippen molar-refractivity contribution in [2.75, 3.05) is 19.7 Å². The molecular formula is C17H29F2N5O. The monoisotopic (exact) mass is 357 g/mol. The predicted molar refractivity (Wildman–Crippen MR) is 93.5 cm³/mol. The molecule has 0 atom stereocenters. The first-order valence-corrected chi connectivity index (χ1v) is 9.03. The van der Waals surface area contributed by atoms with Crippen LogP contribution in [0.4, 0.5) is 8.78 Å². The van der Waals surface area contributed by atoms with Crippen molar-refractivity contribution >= 4 is 5.96 Å². The number of aliphatic hydroxyl groups excluding tert-OH is 1. The Kier molecular flexibility index (Phi) is 7.61. The highest BCUT2D eigenvalue weighted by molar-refractivity contribution is 5.79. The van der Waals surface area contributed by atoms with Gasteiger partial charge in [0.2, 0.25) is 0 Å². The van der Waals surface area contributed by atoms with E-state index in [-0.39, 0.29) is 24.4 Å². The van der Waals surface area contributed by atoms with E-state index in [0.29, 0.717) is 12.5 Å². The molecule has 1 aromatic rings. The smallest absolute Gasteiger partial charge is 0.319 e. The van der Waals surface area contributed by atoms with Gasteiger partial charge in [-0.3, -0.25) is 4.57 Å². The van der Waals surface area contributed by atoms with Crippen LogP contribution in [0.25, 0.3) is 0 Å². The number of nitrogens with one attached hydrogen (secondary N) is 2. The van der Waals surface area contributed by atoms with Crippen LogP contribution in [0.2, 0.25) is 0 Å². The van der Waals surface area contributed by atoms with E-state index in [1.165, 1.54) is 31.7 Å². The van der Waals surface area contributed by atoms with Gasteiger partial charge in [-0.05, 0) is 31.6 Å². The van der Waals surface area contributed by atoms with E-state index in [1.807, 2.05) is 6.92 Å². The zero-order chi connectivity index (χ0) is 18.1. The largest absolute Gasteiger partial charge is 0.396 e. The standard InChI is InChI=1S/C17H29F2N5O/c1-2-20-16(22-12-14-21-9-10-24(14)15(18)19)23-13-17(8-11-25)6-4-3-5-7-17/h9-10,15,25H,2-8,11-13H2,1H3,(H2,20,22,23). The highest BCUT2D eigenvalue weighted by Crippen LogP contribution is 2.38. The molecule has 2 rings (SSSR count). The van der Waals surface area contributed by atoms with Crippen LogP contribution in [0.15, 0.2) is 17.4 Å². The highest BCUT2D eigenvalue weighted by atomic mass is 19.3. The molecule has 0 spiro atoms. The van der Waals surface area contributed by atoms with E-state index in [1.54, 1.807) is 0 Å². The van der Waals surface area contributed by atoms with Gasteiger partial charge in [-0.1, -0.05) is 19.3 Å². The lowest BCUT2D eigenvalue weighted by Gasteiger charge is -2.37. The molecule has 0 aliphatic heterocycles. The van der Waals surface area contributed by atoms with Gasteiger partial charge in [-0.15, -0.1) is 0 Å². The van der Waals surface area contributed by atoms with Gasteiger partial charge < -0.3 is 15.7 Å². The molecule has 1 fully saturated rings. The number of aliphatic hydroxyl groups is 1. The zero-order valence-corrected chi connectivity index (χ0v) is 14.8. The van der Waals surface area contributed by atoms with Crippen LogP contribution in [-0.4, -0.2) is 40.3 Å². The lowest BCUT2D eigenvalue weighted by atomic mass is 9.72. The number of guanidine groups is 1. The Morgan fingerprint density at radius 2 is 2.12 bits per heavy atom.